The number of halogens is 3. The summed E-state index contributed by atoms with van der Waals surface area (Å²) in [6, 6.07) is 21.8. The van der Waals surface area contributed by atoms with Gasteiger partial charge in [0.25, 0.3) is 5.91 Å². The number of alkyl halides is 3. The Hall–Kier alpha value is -6.06. The molecule has 0 aliphatic carbocycles. The van der Waals surface area contributed by atoms with Crippen LogP contribution in [-0.2, 0) is 22.7 Å². The predicted octanol–water partition coefficient (Wildman–Crippen LogP) is 3.49. The number of primary amides is 2. The predicted molar refractivity (Wildman–Crippen MR) is 178 cm³/mol. The van der Waals surface area contributed by atoms with Crippen LogP contribution in [0.25, 0.3) is 22.0 Å². The van der Waals surface area contributed by atoms with Crippen molar-refractivity contribution in [2.24, 2.45) is 27.9 Å². The van der Waals surface area contributed by atoms with Gasteiger partial charge in [0.05, 0.1) is 0 Å². The standard InChI is InChI=1S/C31H36N8O3.C2HF3O2/c1-19-24-16-23(22-6-3-2-4-7-22)13-14-25(24)38-27(19)29(41)39(26(28(32)40)8-5-15-36-30(33)34)18-21-11-9-20(10-12-21)17-37-31(35)42;3-2(4,5)1(6)7/h2-4,6-7,9-14,16,26,38H,5,8,15,17-18H2,1H3,(H2,32,40)(H4,33,34,36)(H3,35,37,42);(H,6,7)/t26-;/m1./s1. The van der Waals surface area contributed by atoms with Crippen molar-refractivity contribution in [2.75, 3.05) is 6.54 Å². The van der Waals surface area contributed by atoms with Gasteiger partial charge in [0.1, 0.15) is 11.7 Å². The van der Waals surface area contributed by atoms with Crippen molar-refractivity contribution in [2.45, 2.75) is 45.1 Å². The number of aliphatic imine (C=N–C) groups is 1. The van der Waals surface area contributed by atoms with Gasteiger partial charge >= 0.3 is 18.2 Å². The lowest BCUT2D eigenvalue weighted by molar-refractivity contribution is -0.192. The van der Waals surface area contributed by atoms with Crippen LogP contribution in [0.4, 0.5) is 18.0 Å². The van der Waals surface area contributed by atoms with Crippen LogP contribution >= 0.6 is 0 Å². The maximum absolute atomic E-state index is 14.2. The molecule has 0 saturated carbocycles. The van der Waals surface area contributed by atoms with Crippen molar-refractivity contribution in [1.82, 2.24) is 15.2 Å². The molecule has 16 heteroatoms. The third-order valence-electron chi connectivity index (χ3n) is 7.36. The topological polar surface area (TPSA) is 236 Å². The number of carbonyl (C=O) groups excluding carboxylic acids is 3. The van der Waals surface area contributed by atoms with E-state index in [1.54, 1.807) is 0 Å². The van der Waals surface area contributed by atoms with Gasteiger partial charge < -0.3 is 43.2 Å². The zero-order chi connectivity index (χ0) is 36.3. The molecule has 1 atom stereocenters. The fraction of sp³-hybridized carbons (Fsp3) is 0.242. The second-order valence-corrected chi connectivity index (χ2v) is 10.9. The number of hydrogen-bond acceptors (Lipinski definition) is 5. The third kappa shape index (κ3) is 10.7. The molecule has 0 unspecified atom stereocenters. The van der Waals surface area contributed by atoms with E-state index in [9.17, 15) is 27.6 Å². The second-order valence-electron chi connectivity index (χ2n) is 10.9. The molecule has 49 heavy (non-hydrogen) atoms. The fourth-order valence-corrected chi connectivity index (χ4v) is 4.91. The van der Waals surface area contributed by atoms with Crippen LogP contribution in [-0.4, -0.2) is 63.5 Å². The summed E-state index contributed by atoms with van der Waals surface area (Å²) in [6.45, 7) is 2.58. The Morgan fingerprint density at radius 3 is 2.08 bits per heavy atom. The number of carbonyl (C=O) groups is 4. The van der Waals surface area contributed by atoms with Crippen molar-refractivity contribution >= 4 is 40.7 Å². The van der Waals surface area contributed by atoms with Crippen LogP contribution in [0.3, 0.4) is 0 Å². The molecule has 0 radical (unpaired) electrons. The first-order valence-corrected chi connectivity index (χ1v) is 14.8. The summed E-state index contributed by atoms with van der Waals surface area (Å²) < 4.78 is 31.7. The molecule has 0 aliphatic heterocycles. The monoisotopic (exact) mass is 682 g/mol. The number of amides is 4. The number of rotatable bonds is 12. The number of benzene rings is 3. The minimum absolute atomic E-state index is 0.0481. The highest BCUT2D eigenvalue weighted by Crippen LogP contribution is 2.29. The number of carboxylic acids is 1. The lowest BCUT2D eigenvalue weighted by Crippen LogP contribution is -2.48. The van der Waals surface area contributed by atoms with Gasteiger partial charge in [-0.1, -0.05) is 60.7 Å². The molecule has 0 spiro atoms. The van der Waals surface area contributed by atoms with Crippen molar-refractivity contribution in [1.29, 1.82) is 0 Å². The van der Waals surface area contributed by atoms with Gasteiger partial charge in [-0.3, -0.25) is 14.6 Å². The summed E-state index contributed by atoms with van der Waals surface area (Å²) in [5.74, 6) is -3.79. The summed E-state index contributed by atoms with van der Waals surface area (Å²) in [5.41, 5.74) is 27.6. The second kappa shape index (κ2) is 16.7. The Labute approximate surface area is 279 Å². The van der Waals surface area contributed by atoms with E-state index in [2.05, 4.69) is 21.4 Å². The Morgan fingerprint density at radius 1 is 0.918 bits per heavy atom. The van der Waals surface area contributed by atoms with Crippen molar-refractivity contribution in [3.05, 3.63) is 95.2 Å². The van der Waals surface area contributed by atoms with Gasteiger partial charge in [-0.15, -0.1) is 0 Å². The molecule has 3 aromatic carbocycles. The summed E-state index contributed by atoms with van der Waals surface area (Å²) in [4.78, 5) is 55.6. The number of H-pyrrole nitrogens is 1. The number of aromatic amines is 1. The average Bonchev–Trinajstić information content (AvgIpc) is 3.38. The van der Waals surface area contributed by atoms with Crippen molar-refractivity contribution in [3.63, 3.8) is 0 Å². The molecule has 0 aliphatic rings. The lowest BCUT2D eigenvalue weighted by Gasteiger charge is -2.30. The SMILES string of the molecule is Cc1c(C(=O)N(Cc2ccc(CNC(N)=O)cc2)[C@H](CCCN=C(N)N)C(N)=O)[nH]c2ccc(-c3ccccc3)cc12.O=C(O)C(F)(F)F. The van der Waals surface area contributed by atoms with E-state index in [1.807, 2.05) is 73.7 Å². The number of hydrogen-bond donors (Lipinski definition) is 7. The van der Waals surface area contributed by atoms with Crippen LogP contribution in [0.2, 0.25) is 0 Å². The molecule has 4 aromatic rings. The summed E-state index contributed by atoms with van der Waals surface area (Å²) in [5, 5.41) is 10.6. The van der Waals surface area contributed by atoms with E-state index < -0.39 is 30.1 Å². The third-order valence-corrected chi connectivity index (χ3v) is 7.36. The first kappa shape index (κ1) is 37.4. The van der Waals surface area contributed by atoms with E-state index in [0.717, 1.165) is 38.7 Å². The number of carboxylic acid groups (broad SMARTS) is 1. The quantitative estimate of drug-likeness (QED) is 0.0666. The van der Waals surface area contributed by atoms with Gasteiger partial charge in [-0.2, -0.15) is 13.2 Å². The van der Waals surface area contributed by atoms with E-state index in [4.69, 9.17) is 32.8 Å². The number of nitrogens with two attached hydrogens (primary N) is 4. The smallest absolute Gasteiger partial charge is 0.475 e. The molecule has 0 saturated heterocycles. The molecule has 4 amide bonds. The van der Waals surface area contributed by atoms with Gasteiger partial charge in [-0.05, 0) is 59.7 Å². The average molecular weight is 683 g/mol. The first-order valence-electron chi connectivity index (χ1n) is 14.8. The number of guanidine groups is 1. The summed E-state index contributed by atoms with van der Waals surface area (Å²) in [6.07, 6.45) is -4.37. The zero-order valence-electron chi connectivity index (χ0n) is 26.5. The van der Waals surface area contributed by atoms with Gasteiger partial charge in [0.15, 0.2) is 5.96 Å². The van der Waals surface area contributed by atoms with Crippen LogP contribution < -0.4 is 28.3 Å². The Morgan fingerprint density at radius 2 is 1.53 bits per heavy atom. The van der Waals surface area contributed by atoms with Gasteiger partial charge in [0, 0.05) is 30.5 Å². The highest BCUT2D eigenvalue weighted by molar-refractivity contribution is 6.03. The highest BCUT2D eigenvalue weighted by atomic mass is 19.4. The molecule has 0 bridgehead atoms. The minimum atomic E-state index is -5.08. The van der Waals surface area contributed by atoms with Gasteiger partial charge in [-0.25, -0.2) is 9.59 Å². The fourth-order valence-electron chi connectivity index (χ4n) is 4.91. The highest BCUT2D eigenvalue weighted by Gasteiger charge is 2.38. The molecule has 4 rings (SSSR count). The number of nitrogens with zero attached hydrogens (tertiary/aromatic N) is 2. The molecule has 11 N–H and O–H groups in total. The molecule has 260 valence electrons. The number of nitrogens with one attached hydrogen (secondary N) is 2. The molecule has 13 nitrogen and oxygen atoms in total. The number of aromatic nitrogens is 1. The number of aryl methyl sites for hydroxylation is 1. The zero-order valence-corrected chi connectivity index (χ0v) is 26.5. The summed E-state index contributed by atoms with van der Waals surface area (Å²) in [7, 11) is 0. The van der Waals surface area contributed by atoms with Crippen molar-refractivity contribution < 1.29 is 37.5 Å². The van der Waals surface area contributed by atoms with E-state index >= 15 is 0 Å². The van der Waals surface area contributed by atoms with E-state index in [0.29, 0.717) is 18.7 Å². The van der Waals surface area contributed by atoms with Crippen LogP contribution in [0.1, 0.15) is 40.0 Å². The maximum atomic E-state index is 14.2. The lowest BCUT2D eigenvalue weighted by atomic mass is 10.0. The maximum Gasteiger partial charge on any atom is 0.490 e. The Kier molecular flexibility index (Phi) is 12.7. The number of aliphatic carboxylic acids is 1. The van der Waals surface area contributed by atoms with Crippen LogP contribution in [0, 0.1) is 6.92 Å². The van der Waals surface area contributed by atoms with Crippen LogP contribution in [0.5, 0.6) is 0 Å². The Balaban J connectivity index is 0.000000838. The van der Waals surface area contributed by atoms with E-state index in [1.165, 1.54) is 4.90 Å². The largest absolute Gasteiger partial charge is 0.490 e. The number of fused-ring (bicyclic) bond motifs is 1. The summed E-state index contributed by atoms with van der Waals surface area (Å²) >= 11 is 0. The molecular formula is C33H37F3N8O5. The molecular weight excluding hydrogens is 645 g/mol. The van der Waals surface area contributed by atoms with Crippen LogP contribution in [0.15, 0.2) is 77.8 Å². The first-order chi connectivity index (χ1) is 23.1. The Bertz CT molecular complexity index is 1800. The normalized spacial score (nSPS) is 11.5. The van der Waals surface area contributed by atoms with Crippen molar-refractivity contribution in [3.8, 4) is 11.1 Å². The molecule has 1 aromatic heterocycles. The molecule has 0 fully saturated rings. The number of urea groups is 1. The molecule has 1 heterocycles. The van der Waals surface area contributed by atoms with Gasteiger partial charge in [0.2, 0.25) is 5.91 Å². The van der Waals surface area contributed by atoms with E-state index in [-0.39, 0.29) is 31.4 Å². The minimum Gasteiger partial charge on any atom is -0.475 e.